The van der Waals surface area contributed by atoms with Crippen molar-refractivity contribution < 1.29 is 89.4 Å². The largest absolute Gasteiger partial charge is 0.394 e. The highest BCUT2D eigenvalue weighted by atomic mass is 16.8. The summed E-state index contributed by atoms with van der Waals surface area (Å²) in [5.41, 5.74) is 0. The van der Waals surface area contributed by atoms with Gasteiger partial charge < -0.3 is 89.9 Å². The molecule has 17 atom stereocenters. The van der Waals surface area contributed by atoms with Crippen molar-refractivity contribution in [3.8, 4) is 0 Å². The number of ether oxygens (including phenoxy) is 6. The van der Waals surface area contributed by atoms with E-state index < -0.39 is 124 Å². The summed E-state index contributed by atoms with van der Waals surface area (Å²) in [7, 11) is 0. The predicted octanol–water partition coefficient (Wildman–Crippen LogP) is 11.2. The van der Waals surface area contributed by atoms with Crippen LogP contribution in [0.25, 0.3) is 0 Å². The zero-order valence-corrected chi connectivity index (χ0v) is 58.0. The van der Waals surface area contributed by atoms with Crippen molar-refractivity contribution in [2.75, 3.05) is 26.4 Å². The minimum Gasteiger partial charge on any atom is -0.394 e. The lowest BCUT2D eigenvalue weighted by atomic mass is 9.96. The van der Waals surface area contributed by atoms with Gasteiger partial charge in [0.05, 0.1) is 38.6 Å². The van der Waals surface area contributed by atoms with Gasteiger partial charge in [-0.25, -0.2) is 0 Å². The number of amides is 1. The molecular weight excluding hydrogens is 1190 g/mol. The number of carbonyl (C=O) groups is 1. The van der Waals surface area contributed by atoms with Crippen LogP contribution in [-0.4, -0.2) is 193 Å². The lowest BCUT2D eigenvalue weighted by molar-refractivity contribution is -0.379. The lowest BCUT2D eigenvalue weighted by Gasteiger charge is -2.48. The Bertz CT molecular complexity index is 1830. The summed E-state index contributed by atoms with van der Waals surface area (Å²) in [6.45, 7) is 1.75. The van der Waals surface area contributed by atoms with E-state index >= 15 is 0 Å². The predicted molar refractivity (Wildman–Crippen MR) is 365 cm³/mol. The number of allylic oxidation sites excluding steroid dienone is 5. The molecule has 0 spiro atoms. The van der Waals surface area contributed by atoms with Gasteiger partial charge >= 0.3 is 0 Å². The zero-order valence-electron chi connectivity index (χ0n) is 58.0. The number of hydrogen-bond donors (Lipinski definition) is 12. The van der Waals surface area contributed by atoms with Crippen LogP contribution in [0.2, 0.25) is 0 Å². The van der Waals surface area contributed by atoms with Crippen LogP contribution in [0.15, 0.2) is 36.5 Å². The first-order valence-electron chi connectivity index (χ1n) is 37.7. The molecule has 19 nitrogen and oxygen atoms in total. The summed E-state index contributed by atoms with van der Waals surface area (Å²) in [6, 6.07) is -0.995. The smallest absolute Gasteiger partial charge is 0.220 e. The van der Waals surface area contributed by atoms with Gasteiger partial charge in [0.1, 0.15) is 73.2 Å². The van der Waals surface area contributed by atoms with Crippen LogP contribution < -0.4 is 5.32 Å². The molecule has 546 valence electrons. The van der Waals surface area contributed by atoms with E-state index in [-0.39, 0.29) is 18.9 Å². The molecular formula is C74H137NO18. The first-order chi connectivity index (χ1) is 45.3. The van der Waals surface area contributed by atoms with Crippen molar-refractivity contribution in [1.82, 2.24) is 5.32 Å². The number of nitrogens with one attached hydrogen (secondary N) is 1. The molecule has 12 N–H and O–H groups in total. The fourth-order valence-electron chi connectivity index (χ4n) is 12.8. The third-order valence-corrected chi connectivity index (χ3v) is 18.9. The molecule has 1 amide bonds. The molecule has 0 bridgehead atoms. The fourth-order valence-corrected chi connectivity index (χ4v) is 12.8. The number of aliphatic hydroxyl groups excluding tert-OH is 11. The molecule has 3 fully saturated rings. The minimum atomic E-state index is -1.98. The highest BCUT2D eigenvalue weighted by Gasteiger charge is 2.53. The molecule has 0 aromatic carbocycles. The van der Waals surface area contributed by atoms with Crippen molar-refractivity contribution in [1.29, 1.82) is 0 Å². The standard InChI is InChI=1S/C74H137NO18/c1-3-5-7-9-11-13-15-17-19-21-23-25-26-27-28-29-30-31-32-33-35-37-39-41-43-45-47-49-51-58(79)57(75-62(80)52-50-48-46-44-42-40-38-36-34-24-22-20-18-16-14-12-10-8-6-4-2)56-88-72-68(86)65(83)70(60(54-77)90-72)93-74-69(87)66(84)71(61(55-78)91-74)92-73-67(85)64(82)63(81)59(53-76)89-73/h33,35,41,43,49,51,57-61,63-74,76-79,81-87H,3-32,34,36-40,42,44-48,50,52-56H2,1-2H3,(H,75,80)/b35-33+,43-41+,51-49+. The summed E-state index contributed by atoms with van der Waals surface area (Å²) >= 11 is 0. The van der Waals surface area contributed by atoms with E-state index in [9.17, 15) is 61.0 Å². The normalized spacial score (nSPS) is 27.7. The molecule has 17 unspecified atom stereocenters. The summed E-state index contributed by atoms with van der Waals surface area (Å²) in [6.07, 6.45) is 39.9. The van der Waals surface area contributed by atoms with E-state index in [2.05, 4.69) is 43.5 Å². The molecule has 3 aliphatic rings. The second kappa shape index (κ2) is 55.8. The SMILES string of the molecule is CCCCCCCCCCCCCCCCCCCC/C=C/CC/C=C/CC/C=C/C(O)C(COC1OC(CO)C(OC2OC(CO)C(OC3OC(CO)C(O)C(O)C3O)C(O)C2O)C(O)C1O)NC(=O)CCCCCCCCCCCCCCCCCCCCCC. The first-order valence-corrected chi connectivity index (χ1v) is 37.7. The fraction of sp³-hybridized carbons (Fsp3) is 0.905. The zero-order chi connectivity index (χ0) is 67.5. The third-order valence-electron chi connectivity index (χ3n) is 18.9. The number of unbranched alkanes of at least 4 members (excludes halogenated alkanes) is 39. The molecule has 3 saturated heterocycles. The monoisotopic (exact) mass is 1330 g/mol. The van der Waals surface area contributed by atoms with Crippen molar-refractivity contribution >= 4 is 5.91 Å². The van der Waals surface area contributed by atoms with Crippen LogP contribution in [0.5, 0.6) is 0 Å². The Morgan fingerprint density at radius 1 is 0.376 bits per heavy atom. The van der Waals surface area contributed by atoms with Crippen LogP contribution in [0.3, 0.4) is 0 Å². The Hall–Kier alpha value is -1.99. The quantitative estimate of drug-likeness (QED) is 0.0199. The van der Waals surface area contributed by atoms with Crippen molar-refractivity contribution in [2.24, 2.45) is 0 Å². The van der Waals surface area contributed by atoms with Gasteiger partial charge in [-0.2, -0.15) is 0 Å². The molecule has 3 heterocycles. The van der Waals surface area contributed by atoms with Gasteiger partial charge in [-0.15, -0.1) is 0 Å². The summed E-state index contributed by atoms with van der Waals surface area (Å²) in [5, 5.41) is 121. The summed E-state index contributed by atoms with van der Waals surface area (Å²) in [4.78, 5) is 13.4. The van der Waals surface area contributed by atoms with Gasteiger partial charge in [-0.1, -0.05) is 281 Å². The molecule has 19 heteroatoms. The van der Waals surface area contributed by atoms with Gasteiger partial charge in [-0.3, -0.25) is 4.79 Å². The van der Waals surface area contributed by atoms with E-state index in [0.29, 0.717) is 12.8 Å². The number of rotatable bonds is 59. The molecule has 0 aliphatic carbocycles. The first kappa shape index (κ1) is 85.2. The number of hydrogen-bond acceptors (Lipinski definition) is 18. The maximum Gasteiger partial charge on any atom is 0.220 e. The molecule has 3 rings (SSSR count). The van der Waals surface area contributed by atoms with E-state index in [4.69, 9.17) is 28.4 Å². The van der Waals surface area contributed by atoms with Gasteiger partial charge in [0.2, 0.25) is 5.91 Å². The lowest BCUT2D eigenvalue weighted by Crippen LogP contribution is -2.66. The van der Waals surface area contributed by atoms with Crippen molar-refractivity contribution in [3.63, 3.8) is 0 Å². The van der Waals surface area contributed by atoms with Gasteiger partial charge in [-0.05, 0) is 44.9 Å². The van der Waals surface area contributed by atoms with E-state index in [1.165, 1.54) is 218 Å². The Kier molecular flexibility index (Phi) is 51.2. The average molecular weight is 1330 g/mol. The highest BCUT2D eigenvalue weighted by molar-refractivity contribution is 5.76. The molecule has 3 aliphatic heterocycles. The highest BCUT2D eigenvalue weighted by Crippen LogP contribution is 2.33. The maximum atomic E-state index is 13.4. The second-order valence-electron chi connectivity index (χ2n) is 27.1. The van der Waals surface area contributed by atoms with Crippen LogP contribution in [0, 0.1) is 0 Å². The van der Waals surface area contributed by atoms with Crippen LogP contribution >= 0.6 is 0 Å². The minimum absolute atomic E-state index is 0.236. The van der Waals surface area contributed by atoms with E-state index in [0.717, 1.165) is 44.9 Å². The Balaban J connectivity index is 1.42. The van der Waals surface area contributed by atoms with E-state index in [1.54, 1.807) is 6.08 Å². The second-order valence-corrected chi connectivity index (χ2v) is 27.1. The topological polar surface area (TPSA) is 307 Å². The molecule has 0 aromatic heterocycles. The van der Waals surface area contributed by atoms with Crippen LogP contribution in [-0.2, 0) is 33.2 Å². The van der Waals surface area contributed by atoms with Gasteiger partial charge in [0, 0.05) is 6.42 Å². The van der Waals surface area contributed by atoms with Gasteiger partial charge in [0.25, 0.3) is 0 Å². The molecule has 0 aromatic rings. The number of aliphatic hydroxyl groups is 11. The Morgan fingerprint density at radius 3 is 1.08 bits per heavy atom. The van der Waals surface area contributed by atoms with Crippen molar-refractivity contribution in [2.45, 2.75) is 401 Å². The molecule has 93 heavy (non-hydrogen) atoms. The molecule has 0 radical (unpaired) electrons. The van der Waals surface area contributed by atoms with Crippen LogP contribution in [0.1, 0.15) is 296 Å². The Labute approximate surface area is 561 Å². The summed E-state index contributed by atoms with van der Waals surface area (Å²) < 4.78 is 34.4. The number of carbonyl (C=O) groups excluding carboxylic acids is 1. The summed E-state index contributed by atoms with van der Waals surface area (Å²) in [5.74, 6) is -0.284. The van der Waals surface area contributed by atoms with E-state index in [1.807, 2.05) is 6.08 Å². The average Bonchev–Trinajstić information content (AvgIpc) is 1.01. The van der Waals surface area contributed by atoms with Crippen LogP contribution in [0.4, 0.5) is 0 Å². The molecule has 0 saturated carbocycles. The third kappa shape index (κ3) is 37.1. The maximum absolute atomic E-state index is 13.4. The van der Waals surface area contributed by atoms with Gasteiger partial charge in [0.15, 0.2) is 18.9 Å². The Morgan fingerprint density at radius 2 is 0.688 bits per heavy atom. The van der Waals surface area contributed by atoms with Crippen molar-refractivity contribution in [3.05, 3.63) is 36.5 Å².